The highest BCUT2D eigenvalue weighted by atomic mass is 15.0. The van der Waals surface area contributed by atoms with Crippen LogP contribution in [-0.4, -0.2) is 4.57 Å². The van der Waals surface area contributed by atoms with Gasteiger partial charge in [0.2, 0.25) is 0 Å². The van der Waals surface area contributed by atoms with E-state index in [-0.39, 0.29) is 0 Å². The Morgan fingerprint density at radius 3 is 1.56 bits per heavy atom. The molecule has 0 unspecified atom stereocenters. The smallest absolute Gasteiger partial charge is 0.0541 e. The second-order valence-electron chi connectivity index (χ2n) is 11.7. The summed E-state index contributed by atoms with van der Waals surface area (Å²) in [6.45, 7) is 0. The Balaban J connectivity index is 1.32. The van der Waals surface area contributed by atoms with E-state index >= 15 is 0 Å². The van der Waals surface area contributed by atoms with Crippen LogP contribution in [0.2, 0.25) is 0 Å². The van der Waals surface area contributed by atoms with Crippen molar-refractivity contribution < 1.29 is 0 Å². The van der Waals surface area contributed by atoms with E-state index in [1.54, 1.807) is 0 Å². The summed E-state index contributed by atoms with van der Waals surface area (Å²) in [6, 6.07) is 64.0. The zero-order chi connectivity index (χ0) is 29.7. The minimum absolute atomic E-state index is 1.15. The van der Waals surface area contributed by atoms with Crippen molar-refractivity contribution in [2.24, 2.45) is 0 Å². The van der Waals surface area contributed by atoms with Crippen molar-refractivity contribution in [2.45, 2.75) is 0 Å². The Bertz CT molecular complexity index is 2480. The van der Waals surface area contributed by atoms with Gasteiger partial charge in [-0.1, -0.05) is 140 Å². The minimum Gasteiger partial charge on any atom is -0.309 e. The van der Waals surface area contributed by atoms with Crippen molar-refractivity contribution in [1.29, 1.82) is 0 Å². The molecule has 0 saturated heterocycles. The molecule has 9 rings (SSSR count). The normalized spacial score (nSPS) is 11.6. The van der Waals surface area contributed by atoms with Gasteiger partial charge in [0.25, 0.3) is 0 Å². The fourth-order valence-electron chi connectivity index (χ4n) is 7.12. The molecule has 45 heavy (non-hydrogen) atoms. The number of fused-ring (bicyclic) bond motifs is 4. The number of hydrogen-bond acceptors (Lipinski definition) is 0. The first kappa shape index (κ1) is 25.6. The van der Waals surface area contributed by atoms with E-state index in [9.17, 15) is 0 Å². The monoisotopic (exact) mass is 571 g/mol. The van der Waals surface area contributed by atoms with Crippen LogP contribution in [0.1, 0.15) is 0 Å². The SMILES string of the molecule is c1ccc(-n2c(-c3ccc4ccccc4c3)ccc2-c2ccc(-c3c4ccccc4cc4ccccc34)c3ccccc23)cc1. The minimum atomic E-state index is 1.15. The second-order valence-corrected chi connectivity index (χ2v) is 11.7. The highest BCUT2D eigenvalue weighted by Gasteiger charge is 2.19. The predicted molar refractivity (Wildman–Crippen MR) is 192 cm³/mol. The molecule has 0 radical (unpaired) electrons. The van der Waals surface area contributed by atoms with E-state index in [2.05, 4.69) is 180 Å². The zero-order valence-corrected chi connectivity index (χ0v) is 24.7. The Morgan fingerprint density at radius 2 is 0.844 bits per heavy atom. The van der Waals surface area contributed by atoms with E-state index in [4.69, 9.17) is 0 Å². The lowest BCUT2D eigenvalue weighted by molar-refractivity contribution is 1.10. The number of benzene rings is 8. The molecule has 0 aliphatic heterocycles. The quantitative estimate of drug-likeness (QED) is 0.185. The van der Waals surface area contributed by atoms with E-state index < -0.39 is 0 Å². The summed E-state index contributed by atoms with van der Waals surface area (Å²) in [6.07, 6.45) is 0. The van der Waals surface area contributed by atoms with Gasteiger partial charge in [-0.05, 0) is 96.2 Å². The molecule has 1 nitrogen and oxygen atoms in total. The van der Waals surface area contributed by atoms with Gasteiger partial charge in [0.15, 0.2) is 0 Å². The van der Waals surface area contributed by atoms with Crippen LogP contribution in [0.5, 0.6) is 0 Å². The third-order valence-corrected chi connectivity index (χ3v) is 9.18. The second kappa shape index (κ2) is 10.4. The molecule has 0 bridgehead atoms. The molecule has 8 aromatic carbocycles. The molecule has 0 saturated carbocycles. The number of nitrogens with zero attached hydrogens (tertiary/aromatic N) is 1. The van der Waals surface area contributed by atoms with E-state index in [1.807, 2.05) is 0 Å². The average molecular weight is 572 g/mol. The molecule has 0 aliphatic carbocycles. The fraction of sp³-hybridized carbons (Fsp3) is 0. The molecule has 0 spiro atoms. The number of rotatable bonds is 4. The lowest BCUT2D eigenvalue weighted by Gasteiger charge is -2.18. The fourth-order valence-corrected chi connectivity index (χ4v) is 7.12. The molecule has 1 aromatic heterocycles. The van der Waals surface area contributed by atoms with Crippen molar-refractivity contribution in [2.75, 3.05) is 0 Å². The number of para-hydroxylation sites is 1. The van der Waals surface area contributed by atoms with Crippen molar-refractivity contribution in [3.8, 4) is 39.3 Å². The molecule has 0 aliphatic rings. The van der Waals surface area contributed by atoms with Crippen LogP contribution in [0.25, 0.3) is 82.4 Å². The number of hydrogen-bond donors (Lipinski definition) is 0. The van der Waals surface area contributed by atoms with Crippen molar-refractivity contribution in [1.82, 2.24) is 4.57 Å². The maximum atomic E-state index is 2.42. The third-order valence-electron chi connectivity index (χ3n) is 9.18. The summed E-state index contributed by atoms with van der Waals surface area (Å²) in [5.74, 6) is 0. The molecule has 9 aromatic rings. The van der Waals surface area contributed by atoms with Crippen LogP contribution in [0.3, 0.4) is 0 Å². The topological polar surface area (TPSA) is 4.93 Å². The number of aromatic nitrogens is 1. The van der Waals surface area contributed by atoms with Gasteiger partial charge in [-0.3, -0.25) is 0 Å². The van der Waals surface area contributed by atoms with Crippen molar-refractivity contribution >= 4 is 43.1 Å². The average Bonchev–Trinajstić information content (AvgIpc) is 3.55. The molecular weight excluding hydrogens is 542 g/mol. The Hall–Kier alpha value is -5.92. The van der Waals surface area contributed by atoms with Crippen LogP contribution in [0, 0.1) is 0 Å². The van der Waals surface area contributed by atoms with Crippen LogP contribution in [-0.2, 0) is 0 Å². The summed E-state index contributed by atoms with van der Waals surface area (Å²) < 4.78 is 2.42. The van der Waals surface area contributed by atoms with E-state index in [0.29, 0.717) is 0 Å². The molecular formula is C44H29N. The van der Waals surface area contributed by atoms with Crippen LogP contribution < -0.4 is 0 Å². The Labute approximate surface area is 262 Å². The maximum absolute atomic E-state index is 2.42. The van der Waals surface area contributed by atoms with Gasteiger partial charge >= 0.3 is 0 Å². The Morgan fingerprint density at radius 1 is 0.311 bits per heavy atom. The first-order chi connectivity index (χ1) is 22.3. The summed E-state index contributed by atoms with van der Waals surface area (Å²) in [7, 11) is 0. The first-order valence-corrected chi connectivity index (χ1v) is 15.5. The first-order valence-electron chi connectivity index (χ1n) is 15.5. The van der Waals surface area contributed by atoms with Gasteiger partial charge in [0.05, 0.1) is 11.4 Å². The van der Waals surface area contributed by atoms with Crippen LogP contribution in [0.4, 0.5) is 0 Å². The molecule has 1 heteroatoms. The van der Waals surface area contributed by atoms with E-state index in [1.165, 1.54) is 76.7 Å². The molecule has 0 atom stereocenters. The molecule has 0 amide bonds. The molecule has 0 fully saturated rings. The molecule has 0 N–H and O–H groups in total. The molecule has 210 valence electrons. The summed E-state index contributed by atoms with van der Waals surface area (Å²) in [5.41, 5.74) is 8.47. The standard InChI is InChI=1S/C44H29N/c1-2-16-35(17-3-1)45-42(34-23-22-30-12-4-5-13-31(30)28-34)26-27-43(45)40-24-25-41(39-21-11-10-20-38(39)40)44-36-18-8-6-14-32(36)29-33-15-7-9-19-37(33)44/h1-29H. The maximum Gasteiger partial charge on any atom is 0.0541 e. The van der Waals surface area contributed by atoms with Gasteiger partial charge in [-0.25, -0.2) is 0 Å². The van der Waals surface area contributed by atoms with Crippen molar-refractivity contribution in [3.63, 3.8) is 0 Å². The van der Waals surface area contributed by atoms with Crippen LogP contribution in [0.15, 0.2) is 176 Å². The lowest BCUT2D eigenvalue weighted by atomic mass is 9.88. The van der Waals surface area contributed by atoms with Gasteiger partial charge in [-0.2, -0.15) is 0 Å². The van der Waals surface area contributed by atoms with Gasteiger partial charge in [0, 0.05) is 11.3 Å². The highest BCUT2D eigenvalue weighted by Crippen LogP contribution is 2.43. The zero-order valence-electron chi connectivity index (χ0n) is 24.7. The lowest BCUT2D eigenvalue weighted by Crippen LogP contribution is -2.00. The summed E-state index contributed by atoms with van der Waals surface area (Å²) >= 11 is 0. The van der Waals surface area contributed by atoms with Gasteiger partial charge < -0.3 is 4.57 Å². The predicted octanol–water partition coefficient (Wildman–Crippen LogP) is 12.1. The third kappa shape index (κ3) is 4.17. The molecule has 1 heterocycles. The van der Waals surface area contributed by atoms with Crippen LogP contribution >= 0.6 is 0 Å². The Kier molecular flexibility index (Phi) is 5.89. The largest absolute Gasteiger partial charge is 0.309 e. The summed E-state index contributed by atoms with van der Waals surface area (Å²) in [5, 5.41) is 10.1. The van der Waals surface area contributed by atoms with Crippen molar-refractivity contribution in [3.05, 3.63) is 176 Å². The highest BCUT2D eigenvalue weighted by molar-refractivity contribution is 6.18. The van der Waals surface area contributed by atoms with Gasteiger partial charge in [0.1, 0.15) is 0 Å². The summed E-state index contributed by atoms with van der Waals surface area (Å²) in [4.78, 5) is 0. The van der Waals surface area contributed by atoms with Gasteiger partial charge in [-0.15, -0.1) is 0 Å². The van der Waals surface area contributed by atoms with E-state index in [0.717, 1.165) is 5.69 Å².